The molecule has 2 heterocycles. The van der Waals surface area contributed by atoms with E-state index in [1.807, 2.05) is 25.7 Å². The fourth-order valence-electron chi connectivity index (χ4n) is 2.87. The van der Waals surface area contributed by atoms with E-state index in [1.165, 1.54) is 11.4 Å². The summed E-state index contributed by atoms with van der Waals surface area (Å²) in [4.78, 5) is 13.9. The highest BCUT2D eigenvalue weighted by atomic mass is 16.6. The number of carbonyl (C=O) groups excluding carboxylic acids is 1. The maximum atomic E-state index is 12.0. The second-order valence-corrected chi connectivity index (χ2v) is 7.14. The zero-order chi connectivity index (χ0) is 15.6. The van der Waals surface area contributed by atoms with Crippen molar-refractivity contribution in [3.63, 3.8) is 0 Å². The summed E-state index contributed by atoms with van der Waals surface area (Å²) in [5.41, 5.74) is 2.23. The average molecular weight is 292 g/mol. The van der Waals surface area contributed by atoms with Gasteiger partial charge in [-0.25, -0.2) is 4.79 Å². The summed E-state index contributed by atoms with van der Waals surface area (Å²) in [7, 11) is 0. The number of rotatable bonds is 2. The van der Waals surface area contributed by atoms with Crippen LogP contribution in [-0.2, 0) is 11.3 Å². The molecule has 0 N–H and O–H groups in total. The number of carbonyl (C=O) groups is 1. The summed E-state index contributed by atoms with van der Waals surface area (Å²) < 4.78 is 7.82. The molecule has 0 unspecified atom stereocenters. The van der Waals surface area contributed by atoms with Gasteiger partial charge in [-0.2, -0.15) is 0 Å². The summed E-state index contributed by atoms with van der Waals surface area (Å²) in [6.45, 7) is 12.7. The fraction of sp³-hybridized carbons (Fsp3) is 0.706. The van der Waals surface area contributed by atoms with E-state index >= 15 is 0 Å². The predicted molar refractivity (Wildman–Crippen MR) is 84.4 cm³/mol. The minimum atomic E-state index is -0.409. The molecule has 4 heteroatoms. The molecule has 1 fully saturated rings. The molecule has 0 saturated carbocycles. The molecule has 1 aromatic heterocycles. The minimum absolute atomic E-state index is 0.172. The lowest BCUT2D eigenvalue weighted by Crippen LogP contribution is -2.42. The summed E-state index contributed by atoms with van der Waals surface area (Å²) in [6.07, 6.45) is 1.93. The Bertz CT molecular complexity index is 472. The SMILES string of the molecule is Cc1ccc(C)n1CC1CCN(C(=O)OC(C)(C)C)CC1. The van der Waals surface area contributed by atoms with Gasteiger partial charge in [-0.15, -0.1) is 0 Å². The zero-order valence-electron chi connectivity index (χ0n) is 14.0. The van der Waals surface area contributed by atoms with E-state index in [0.29, 0.717) is 5.92 Å². The second kappa shape index (κ2) is 6.12. The monoisotopic (exact) mass is 292 g/mol. The number of likely N-dealkylation sites (tertiary alicyclic amines) is 1. The van der Waals surface area contributed by atoms with Crippen LogP contribution in [0.25, 0.3) is 0 Å². The number of piperidine rings is 1. The van der Waals surface area contributed by atoms with E-state index < -0.39 is 5.60 Å². The highest BCUT2D eigenvalue weighted by molar-refractivity contribution is 5.68. The Morgan fingerprint density at radius 3 is 2.19 bits per heavy atom. The van der Waals surface area contributed by atoms with E-state index in [2.05, 4.69) is 30.5 Å². The number of nitrogens with zero attached hydrogens (tertiary/aromatic N) is 2. The molecular formula is C17H28N2O2. The van der Waals surface area contributed by atoms with Gasteiger partial charge in [0, 0.05) is 31.0 Å². The van der Waals surface area contributed by atoms with Crippen LogP contribution in [0.5, 0.6) is 0 Å². The van der Waals surface area contributed by atoms with E-state index in [1.54, 1.807) is 0 Å². The largest absolute Gasteiger partial charge is 0.444 e. The Morgan fingerprint density at radius 1 is 1.19 bits per heavy atom. The van der Waals surface area contributed by atoms with Crippen molar-refractivity contribution >= 4 is 6.09 Å². The summed E-state index contributed by atoms with van der Waals surface area (Å²) in [5, 5.41) is 0. The number of ether oxygens (including phenoxy) is 1. The zero-order valence-corrected chi connectivity index (χ0v) is 14.0. The highest BCUT2D eigenvalue weighted by Gasteiger charge is 2.27. The maximum absolute atomic E-state index is 12.0. The molecule has 1 aliphatic rings. The van der Waals surface area contributed by atoms with Gasteiger partial charge in [0.1, 0.15) is 5.60 Å². The lowest BCUT2D eigenvalue weighted by Gasteiger charge is -2.34. The third kappa shape index (κ3) is 4.26. The van der Waals surface area contributed by atoms with Crippen LogP contribution in [-0.4, -0.2) is 34.3 Å². The minimum Gasteiger partial charge on any atom is -0.444 e. The van der Waals surface area contributed by atoms with E-state index in [-0.39, 0.29) is 6.09 Å². The van der Waals surface area contributed by atoms with Gasteiger partial charge in [-0.1, -0.05) is 0 Å². The molecule has 1 aromatic rings. The lowest BCUT2D eigenvalue weighted by atomic mass is 9.97. The Balaban J connectivity index is 1.85. The topological polar surface area (TPSA) is 34.5 Å². The number of aromatic nitrogens is 1. The van der Waals surface area contributed by atoms with E-state index in [4.69, 9.17) is 4.74 Å². The molecule has 0 atom stereocenters. The van der Waals surface area contributed by atoms with Crippen LogP contribution in [0.3, 0.4) is 0 Å². The summed E-state index contributed by atoms with van der Waals surface area (Å²) in [5.74, 6) is 0.647. The Kier molecular flexibility index (Phi) is 4.64. The van der Waals surface area contributed by atoms with Crippen molar-refractivity contribution in [2.45, 2.75) is 59.6 Å². The van der Waals surface area contributed by atoms with Gasteiger partial charge in [0.25, 0.3) is 0 Å². The molecule has 1 aliphatic heterocycles. The van der Waals surface area contributed by atoms with E-state index in [9.17, 15) is 4.79 Å². The maximum Gasteiger partial charge on any atom is 0.410 e. The van der Waals surface area contributed by atoms with Gasteiger partial charge in [0.05, 0.1) is 0 Å². The van der Waals surface area contributed by atoms with Crippen LogP contribution in [0, 0.1) is 19.8 Å². The van der Waals surface area contributed by atoms with Gasteiger partial charge in [-0.3, -0.25) is 0 Å². The quantitative estimate of drug-likeness (QED) is 0.832. The molecule has 1 saturated heterocycles. The Labute approximate surface area is 128 Å². The first-order valence-electron chi connectivity index (χ1n) is 7.87. The molecule has 0 aromatic carbocycles. The predicted octanol–water partition coefficient (Wildman–Crippen LogP) is 3.75. The van der Waals surface area contributed by atoms with Gasteiger partial charge in [0.2, 0.25) is 0 Å². The lowest BCUT2D eigenvalue weighted by molar-refractivity contribution is 0.0178. The van der Waals surface area contributed by atoms with Gasteiger partial charge < -0.3 is 14.2 Å². The van der Waals surface area contributed by atoms with Gasteiger partial charge in [0.15, 0.2) is 0 Å². The van der Waals surface area contributed by atoms with Crippen molar-refractivity contribution in [1.29, 1.82) is 0 Å². The first-order chi connectivity index (χ1) is 9.76. The number of aryl methyl sites for hydroxylation is 2. The molecule has 2 rings (SSSR count). The molecule has 4 nitrogen and oxygen atoms in total. The second-order valence-electron chi connectivity index (χ2n) is 7.14. The molecular weight excluding hydrogens is 264 g/mol. The van der Waals surface area contributed by atoms with Crippen molar-refractivity contribution < 1.29 is 9.53 Å². The van der Waals surface area contributed by atoms with Crippen molar-refractivity contribution in [3.8, 4) is 0 Å². The molecule has 21 heavy (non-hydrogen) atoms. The Hall–Kier alpha value is -1.45. The molecule has 118 valence electrons. The third-order valence-corrected chi connectivity index (χ3v) is 4.12. The van der Waals surface area contributed by atoms with Crippen molar-refractivity contribution in [1.82, 2.24) is 9.47 Å². The molecule has 0 bridgehead atoms. The first-order valence-corrected chi connectivity index (χ1v) is 7.87. The van der Waals surface area contributed by atoms with Gasteiger partial charge >= 0.3 is 6.09 Å². The molecule has 1 amide bonds. The summed E-state index contributed by atoms with van der Waals surface area (Å²) in [6, 6.07) is 4.34. The Morgan fingerprint density at radius 2 is 1.71 bits per heavy atom. The smallest absolute Gasteiger partial charge is 0.410 e. The normalized spacial score (nSPS) is 17.1. The van der Waals surface area contributed by atoms with Crippen LogP contribution in [0.4, 0.5) is 4.79 Å². The van der Waals surface area contributed by atoms with Crippen LogP contribution in [0.15, 0.2) is 12.1 Å². The molecule has 0 radical (unpaired) electrons. The molecule has 0 spiro atoms. The standard InChI is InChI=1S/C17H28N2O2/c1-13-6-7-14(2)19(13)12-15-8-10-18(11-9-15)16(20)21-17(3,4)5/h6-7,15H,8-12H2,1-5H3. The highest BCUT2D eigenvalue weighted by Crippen LogP contribution is 2.22. The van der Waals surface area contributed by atoms with Crippen LogP contribution in [0.2, 0.25) is 0 Å². The van der Waals surface area contributed by atoms with E-state index in [0.717, 1.165) is 32.5 Å². The van der Waals surface area contributed by atoms with Crippen LogP contribution >= 0.6 is 0 Å². The number of amides is 1. The van der Waals surface area contributed by atoms with Crippen molar-refractivity contribution in [3.05, 3.63) is 23.5 Å². The third-order valence-electron chi connectivity index (χ3n) is 4.12. The number of hydrogen-bond donors (Lipinski definition) is 0. The summed E-state index contributed by atoms with van der Waals surface area (Å²) >= 11 is 0. The fourth-order valence-corrected chi connectivity index (χ4v) is 2.87. The van der Waals surface area contributed by atoms with Crippen molar-refractivity contribution in [2.75, 3.05) is 13.1 Å². The average Bonchev–Trinajstić information content (AvgIpc) is 2.69. The van der Waals surface area contributed by atoms with Gasteiger partial charge in [-0.05, 0) is 65.5 Å². The number of hydrogen-bond acceptors (Lipinski definition) is 2. The first kappa shape index (κ1) is 15.9. The molecule has 0 aliphatic carbocycles. The van der Waals surface area contributed by atoms with Crippen LogP contribution < -0.4 is 0 Å². The van der Waals surface area contributed by atoms with Crippen molar-refractivity contribution in [2.24, 2.45) is 5.92 Å². The van der Waals surface area contributed by atoms with Crippen LogP contribution in [0.1, 0.15) is 45.0 Å².